The Bertz CT molecular complexity index is 1230. The molecule has 0 bridgehead atoms. The van der Waals surface area contributed by atoms with Crippen LogP contribution < -0.4 is 15.5 Å². The highest BCUT2D eigenvalue weighted by Gasteiger charge is 2.27. The summed E-state index contributed by atoms with van der Waals surface area (Å²) in [6.07, 6.45) is 7.91. The third-order valence-corrected chi connectivity index (χ3v) is 6.31. The molecule has 5 rings (SSSR count). The summed E-state index contributed by atoms with van der Waals surface area (Å²) in [5.74, 6) is -0.343. The minimum Gasteiger partial charge on any atom is -0.465 e. The normalized spacial score (nSPS) is 14.1. The summed E-state index contributed by atoms with van der Waals surface area (Å²) in [5, 5.41) is 18.8. The molecule has 0 saturated heterocycles. The summed E-state index contributed by atoms with van der Waals surface area (Å²) in [4.78, 5) is 25.5. The van der Waals surface area contributed by atoms with Gasteiger partial charge >= 0.3 is 6.09 Å². The number of rotatable bonds is 3. The fourth-order valence-corrected chi connectivity index (χ4v) is 4.37. The first-order chi connectivity index (χ1) is 16.8. The van der Waals surface area contributed by atoms with E-state index in [1.54, 1.807) is 36.1 Å². The molecule has 1 saturated carbocycles. The number of carboxylic acid groups (broad SMARTS) is 1. The SMILES string of the molecule is C1CCCC1.Cn1ncc2c1Nc1cc(Cl)ccc1N(C(=O)c1ccc(CNC(=O)O)c(F)c1)C2. The maximum Gasteiger partial charge on any atom is 0.404 e. The van der Waals surface area contributed by atoms with Crippen molar-refractivity contribution in [1.29, 1.82) is 0 Å². The molecule has 1 aliphatic carbocycles. The van der Waals surface area contributed by atoms with Crippen LogP contribution in [0.2, 0.25) is 5.02 Å². The van der Waals surface area contributed by atoms with Gasteiger partial charge in [0.05, 0.1) is 24.1 Å². The summed E-state index contributed by atoms with van der Waals surface area (Å²) in [6.45, 7) is 0.0389. The van der Waals surface area contributed by atoms with Crippen LogP contribution in [0, 0.1) is 5.82 Å². The van der Waals surface area contributed by atoms with Crippen molar-refractivity contribution in [3.05, 3.63) is 70.1 Å². The zero-order chi connectivity index (χ0) is 24.9. The lowest BCUT2D eigenvalue weighted by molar-refractivity contribution is 0.0985. The third-order valence-electron chi connectivity index (χ3n) is 6.07. The molecule has 2 aromatic carbocycles. The number of aryl methyl sites for hydroxylation is 1. The Balaban J connectivity index is 0.000000514. The number of carbonyl (C=O) groups excluding carboxylic acids is 1. The Kier molecular flexibility index (Phi) is 7.55. The van der Waals surface area contributed by atoms with Gasteiger partial charge in [-0.2, -0.15) is 5.10 Å². The zero-order valence-corrected chi connectivity index (χ0v) is 20.1. The van der Waals surface area contributed by atoms with Crippen molar-refractivity contribution >= 4 is 40.8 Å². The number of carbonyl (C=O) groups is 2. The summed E-state index contributed by atoms with van der Waals surface area (Å²) in [6, 6.07) is 9.09. The summed E-state index contributed by atoms with van der Waals surface area (Å²) in [5.41, 5.74) is 2.30. The predicted octanol–water partition coefficient (Wildman–Crippen LogP) is 5.83. The molecule has 8 nitrogen and oxygen atoms in total. The lowest BCUT2D eigenvalue weighted by Gasteiger charge is -2.23. The van der Waals surface area contributed by atoms with Gasteiger partial charge in [-0.15, -0.1) is 0 Å². The number of aromatic nitrogens is 2. The van der Waals surface area contributed by atoms with Gasteiger partial charge in [-0.3, -0.25) is 9.48 Å². The fourth-order valence-electron chi connectivity index (χ4n) is 4.20. The van der Waals surface area contributed by atoms with Gasteiger partial charge in [-0.25, -0.2) is 9.18 Å². The number of nitrogens with zero attached hydrogens (tertiary/aromatic N) is 3. The van der Waals surface area contributed by atoms with Crippen LogP contribution in [0.4, 0.5) is 26.4 Å². The number of hydrogen-bond acceptors (Lipinski definition) is 4. The molecule has 3 aromatic rings. The van der Waals surface area contributed by atoms with E-state index in [-0.39, 0.29) is 24.2 Å². The van der Waals surface area contributed by atoms with Gasteiger partial charge in [0.1, 0.15) is 11.6 Å². The number of fused-ring (bicyclic) bond motifs is 2. The molecule has 35 heavy (non-hydrogen) atoms. The molecule has 0 radical (unpaired) electrons. The molecule has 1 aromatic heterocycles. The van der Waals surface area contributed by atoms with Crippen molar-refractivity contribution in [2.24, 2.45) is 7.05 Å². The Labute approximate surface area is 207 Å². The first kappa shape index (κ1) is 24.5. The van der Waals surface area contributed by atoms with Gasteiger partial charge in [0.15, 0.2) is 0 Å². The largest absolute Gasteiger partial charge is 0.465 e. The molecule has 0 unspecified atom stereocenters. The first-order valence-corrected chi connectivity index (χ1v) is 11.9. The maximum atomic E-state index is 14.5. The number of halogens is 2. The molecular weight excluding hydrogens is 473 g/mol. The number of nitrogens with one attached hydrogen (secondary N) is 2. The van der Waals surface area contributed by atoms with E-state index in [1.807, 2.05) is 0 Å². The molecule has 2 heterocycles. The lowest BCUT2D eigenvalue weighted by Crippen LogP contribution is -2.30. The van der Waals surface area contributed by atoms with Crippen molar-refractivity contribution in [3.63, 3.8) is 0 Å². The van der Waals surface area contributed by atoms with Gasteiger partial charge in [0, 0.05) is 35.3 Å². The van der Waals surface area contributed by atoms with Gasteiger partial charge in [-0.05, 0) is 30.3 Å². The minimum atomic E-state index is -1.26. The van der Waals surface area contributed by atoms with E-state index in [4.69, 9.17) is 16.7 Å². The molecular formula is C25H27ClFN5O3. The van der Waals surface area contributed by atoms with Crippen LogP contribution in [0.25, 0.3) is 0 Å². The van der Waals surface area contributed by atoms with Crippen LogP contribution in [0.15, 0.2) is 42.6 Å². The zero-order valence-electron chi connectivity index (χ0n) is 19.4. The molecule has 3 N–H and O–H groups in total. The Hall–Kier alpha value is -3.59. The van der Waals surface area contributed by atoms with Crippen LogP contribution in [-0.2, 0) is 20.1 Å². The van der Waals surface area contributed by atoms with Crippen LogP contribution in [0.1, 0.15) is 53.6 Å². The lowest BCUT2D eigenvalue weighted by atomic mass is 10.1. The number of hydrogen-bond donors (Lipinski definition) is 3. The van der Waals surface area contributed by atoms with E-state index in [0.29, 0.717) is 16.4 Å². The maximum absolute atomic E-state index is 14.5. The quantitative estimate of drug-likeness (QED) is 0.420. The van der Waals surface area contributed by atoms with Gasteiger partial charge in [0.25, 0.3) is 5.91 Å². The molecule has 1 aliphatic heterocycles. The molecule has 1 fully saturated rings. The average Bonchev–Trinajstić information content (AvgIpc) is 3.49. The van der Waals surface area contributed by atoms with Crippen LogP contribution >= 0.6 is 11.6 Å². The number of amides is 2. The van der Waals surface area contributed by atoms with Gasteiger partial charge in [-0.1, -0.05) is 49.8 Å². The topological polar surface area (TPSA) is 99.5 Å². The van der Waals surface area contributed by atoms with E-state index >= 15 is 0 Å². The highest BCUT2D eigenvalue weighted by atomic mass is 35.5. The fraction of sp³-hybridized carbons (Fsp3) is 0.320. The van der Waals surface area contributed by atoms with Gasteiger partial charge < -0.3 is 20.6 Å². The van der Waals surface area contributed by atoms with Gasteiger partial charge in [0.2, 0.25) is 0 Å². The predicted molar refractivity (Wildman–Crippen MR) is 133 cm³/mol. The van der Waals surface area contributed by atoms with Crippen molar-refractivity contribution in [1.82, 2.24) is 15.1 Å². The number of anilines is 3. The molecule has 0 spiro atoms. The smallest absolute Gasteiger partial charge is 0.404 e. The summed E-state index contributed by atoms with van der Waals surface area (Å²) < 4.78 is 16.1. The van der Waals surface area contributed by atoms with Crippen molar-refractivity contribution in [3.8, 4) is 0 Å². The Morgan fingerprint density at radius 1 is 1.14 bits per heavy atom. The van der Waals surface area contributed by atoms with Crippen LogP contribution in [0.3, 0.4) is 0 Å². The molecule has 0 atom stereocenters. The second kappa shape index (κ2) is 10.8. The second-order valence-corrected chi connectivity index (χ2v) is 8.99. The Morgan fingerprint density at radius 2 is 1.86 bits per heavy atom. The second-order valence-electron chi connectivity index (χ2n) is 8.55. The first-order valence-electron chi connectivity index (χ1n) is 11.5. The summed E-state index contributed by atoms with van der Waals surface area (Å²) in [7, 11) is 1.78. The van der Waals surface area contributed by atoms with Crippen molar-refractivity contribution < 1.29 is 19.1 Å². The molecule has 184 valence electrons. The van der Waals surface area contributed by atoms with Crippen LogP contribution in [-0.4, -0.2) is 26.9 Å². The third kappa shape index (κ3) is 5.74. The molecule has 2 aliphatic rings. The van der Waals surface area contributed by atoms with Crippen molar-refractivity contribution in [2.75, 3.05) is 10.2 Å². The van der Waals surface area contributed by atoms with Crippen LogP contribution in [0.5, 0.6) is 0 Å². The average molecular weight is 500 g/mol. The minimum absolute atomic E-state index is 0.139. The van der Waals surface area contributed by atoms with E-state index in [0.717, 1.165) is 17.4 Å². The van der Waals surface area contributed by atoms with E-state index in [1.165, 1.54) is 49.1 Å². The number of benzene rings is 2. The van der Waals surface area contributed by atoms with E-state index in [9.17, 15) is 14.0 Å². The standard InChI is InChI=1S/C20H17ClFN5O3.C5H10/c1-26-18-13(9-24-26)10-27(17-5-4-14(21)7-16(17)25-18)19(28)11-2-3-12(15(22)6-11)8-23-20(29)30;1-2-4-5-3-1/h2-7,9,23,25H,8,10H2,1H3,(H,29,30);1-5H2. The van der Waals surface area contributed by atoms with Crippen molar-refractivity contribution in [2.45, 2.75) is 45.2 Å². The highest BCUT2D eigenvalue weighted by molar-refractivity contribution is 6.31. The van der Waals surface area contributed by atoms with E-state index in [2.05, 4.69) is 15.7 Å². The molecule has 2 amide bonds. The molecule has 10 heteroatoms. The highest BCUT2D eigenvalue weighted by Crippen LogP contribution is 2.38. The Morgan fingerprint density at radius 3 is 2.51 bits per heavy atom. The monoisotopic (exact) mass is 499 g/mol. The summed E-state index contributed by atoms with van der Waals surface area (Å²) >= 11 is 6.14. The van der Waals surface area contributed by atoms with E-state index < -0.39 is 17.8 Å².